The highest BCUT2D eigenvalue weighted by atomic mass is 28.4. The smallest absolute Gasteiger partial charge is 0.200 e. The van der Waals surface area contributed by atoms with E-state index in [4.69, 9.17) is 9.16 Å². The summed E-state index contributed by atoms with van der Waals surface area (Å²) >= 11 is 0. The Kier molecular flexibility index (Phi) is 6.97. The molecule has 0 aromatic heterocycles. The highest BCUT2D eigenvalue weighted by molar-refractivity contribution is 6.91. The molecule has 1 aliphatic rings. The third-order valence-corrected chi connectivity index (χ3v) is 16.6. The molecule has 2 nitrogen and oxygen atoms in total. The highest BCUT2D eigenvalue weighted by Crippen LogP contribution is 2.45. The lowest BCUT2D eigenvalue weighted by molar-refractivity contribution is 0.0758. The minimum absolute atomic E-state index is 0.167. The molecule has 0 amide bonds. The van der Waals surface area contributed by atoms with Crippen LogP contribution in [-0.4, -0.2) is 29.1 Å². The predicted molar refractivity (Wildman–Crippen MR) is 118 cm³/mol. The second-order valence-electron chi connectivity index (χ2n) is 9.25. The first-order chi connectivity index (χ1) is 12.1. The summed E-state index contributed by atoms with van der Waals surface area (Å²) in [5.74, 6) is 0. The standard InChI is InChI=1S/C22H38O2Si2/c1-17(2)26(18(3)4,19(5)6)24-21-16-23-15-14-22(21)25(7,8)20-12-10-9-11-13-20/h9-15,17-19,21-22H,16H2,1-8H3/t21-,22+/m1/s1. The Bertz CT molecular complexity index is 572. The van der Waals surface area contributed by atoms with E-state index in [1.807, 2.05) is 6.26 Å². The van der Waals surface area contributed by atoms with E-state index in [0.29, 0.717) is 28.8 Å². The molecule has 26 heavy (non-hydrogen) atoms. The first-order valence-electron chi connectivity index (χ1n) is 10.2. The maximum atomic E-state index is 7.18. The highest BCUT2D eigenvalue weighted by Gasteiger charge is 2.50. The first-order valence-corrected chi connectivity index (χ1v) is 15.4. The molecule has 2 atom stereocenters. The lowest BCUT2D eigenvalue weighted by atomic mass is 10.2. The third-order valence-electron chi connectivity index (χ3n) is 6.46. The Morgan fingerprint density at radius 3 is 1.96 bits per heavy atom. The first kappa shape index (κ1) is 21.5. The van der Waals surface area contributed by atoms with Gasteiger partial charge in [0.05, 0.1) is 20.4 Å². The van der Waals surface area contributed by atoms with Crippen LogP contribution in [0.2, 0.25) is 35.3 Å². The average molecular weight is 391 g/mol. The number of ether oxygens (including phenoxy) is 1. The Balaban J connectivity index is 2.39. The molecule has 1 aromatic rings. The molecular formula is C22H38O2Si2. The molecule has 0 fully saturated rings. The monoisotopic (exact) mass is 390 g/mol. The average Bonchev–Trinajstić information content (AvgIpc) is 2.59. The van der Waals surface area contributed by atoms with Crippen molar-refractivity contribution in [1.29, 1.82) is 0 Å². The van der Waals surface area contributed by atoms with Crippen molar-refractivity contribution in [1.82, 2.24) is 0 Å². The molecule has 4 heteroatoms. The molecule has 1 aromatic carbocycles. The van der Waals surface area contributed by atoms with Gasteiger partial charge in [0.1, 0.15) is 6.61 Å². The summed E-state index contributed by atoms with van der Waals surface area (Å²) in [6, 6.07) is 11.0. The second kappa shape index (κ2) is 8.45. The summed E-state index contributed by atoms with van der Waals surface area (Å²) in [6.07, 6.45) is 4.36. The maximum Gasteiger partial charge on any atom is 0.200 e. The van der Waals surface area contributed by atoms with Crippen LogP contribution in [0.4, 0.5) is 0 Å². The van der Waals surface area contributed by atoms with E-state index >= 15 is 0 Å². The molecule has 0 saturated heterocycles. The fourth-order valence-electron chi connectivity index (χ4n) is 5.06. The number of hydrogen-bond donors (Lipinski definition) is 0. The lowest BCUT2D eigenvalue weighted by Crippen LogP contribution is -2.57. The molecule has 0 spiro atoms. The molecule has 2 rings (SSSR count). The van der Waals surface area contributed by atoms with Crippen molar-refractivity contribution in [2.45, 2.75) is 82.9 Å². The van der Waals surface area contributed by atoms with Gasteiger partial charge in [0, 0.05) is 5.54 Å². The molecular weight excluding hydrogens is 352 g/mol. The Labute approximate surface area is 163 Å². The second-order valence-corrected chi connectivity index (χ2v) is 19.3. The van der Waals surface area contributed by atoms with Gasteiger partial charge in [0.2, 0.25) is 8.32 Å². The van der Waals surface area contributed by atoms with Crippen molar-refractivity contribution >= 4 is 21.6 Å². The van der Waals surface area contributed by atoms with Crippen LogP contribution < -0.4 is 5.19 Å². The minimum Gasteiger partial charge on any atom is -0.499 e. The number of rotatable bonds is 7. The summed E-state index contributed by atoms with van der Waals surface area (Å²) < 4.78 is 12.9. The zero-order valence-corrected chi connectivity index (χ0v) is 20.0. The summed E-state index contributed by atoms with van der Waals surface area (Å²) in [4.78, 5) is 0. The Morgan fingerprint density at radius 1 is 0.923 bits per heavy atom. The van der Waals surface area contributed by atoms with Crippen molar-refractivity contribution in [3.63, 3.8) is 0 Å². The molecule has 0 aliphatic carbocycles. The van der Waals surface area contributed by atoms with Crippen molar-refractivity contribution in [2.24, 2.45) is 0 Å². The summed E-state index contributed by atoms with van der Waals surface area (Å²) in [7, 11) is -3.64. The molecule has 146 valence electrons. The van der Waals surface area contributed by atoms with E-state index in [1.165, 1.54) is 5.19 Å². The Hall–Kier alpha value is -0.846. The quantitative estimate of drug-likeness (QED) is 0.525. The Morgan fingerprint density at radius 2 is 1.46 bits per heavy atom. The van der Waals surface area contributed by atoms with E-state index in [2.05, 4.69) is 91.0 Å². The van der Waals surface area contributed by atoms with Gasteiger partial charge in [-0.3, -0.25) is 0 Å². The maximum absolute atomic E-state index is 7.18. The number of benzene rings is 1. The van der Waals surface area contributed by atoms with Crippen LogP contribution in [0.5, 0.6) is 0 Å². The fourth-order valence-corrected chi connectivity index (χ4v) is 13.8. The number of hydrogen-bond acceptors (Lipinski definition) is 2. The van der Waals surface area contributed by atoms with E-state index in [0.717, 1.165) is 0 Å². The van der Waals surface area contributed by atoms with Gasteiger partial charge in [-0.2, -0.15) is 0 Å². The fraction of sp³-hybridized carbons (Fsp3) is 0.636. The van der Waals surface area contributed by atoms with Gasteiger partial charge in [-0.05, 0) is 22.7 Å². The topological polar surface area (TPSA) is 18.5 Å². The molecule has 0 bridgehead atoms. The minimum atomic E-state index is -1.93. The van der Waals surface area contributed by atoms with Crippen molar-refractivity contribution in [3.05, 3.63) is 42.7 Å². The van der Waals surface area contributed by atoms with Gasteiger partial charge in [-0.1, -0.05) is 90.2 Å². The largest absolute Gasteiger partial charge is 0.499 e. The van der Waals surface area contributed by atoms with Gasteiger partial charge < -0.3 is 9.16 Å². The summed E-state index contributed by atoms with van der Waals surface area (Å²) in [5, 5.41) is 1.50. The van der Waals surface area contributed by atoms with Crippen LogP contribution >= 0.6 is 0 Å². The van der Waals surface area contributed by atoms with Crippen molar-refractivity contribution in [2.75, 3.05) is 6.61 Å². The molecule has 0 radical (unpaired) electrons. The zero-order valence-electron chi connectivity index (χ0n) is 18.0. The van der Waals surface area contributed by atoms with E-state index < -0.39 is 16.4 Å². The van der Waals surface area contributed by atoms with Gasteiger partial charge in [-0.25, -0.2) is 0 Å². The molecule has 0 N–H and O–H groups in total. The van der Waals surface area contributed by atoms with Gasteiger partial charge >= 0.3 is 0 Å². The SMILES string of the molecule is CC(C)[Si](O[C@@H]1COC=C[C@@H]1[Si](C)(C)c1ccccc1)(C(C)C)C(C)C. The summed E-state index contributed by atoms with van der Waals surface area (Å²) in [5.41, 5.74) is 2.23. The van der Waals surface area contributed by atoms with Crippen LogP contribution in [0.15, 0.2) is 42.7 Å². The summed E-state index contributed by atoms with van der Waals surface area (Å²) in [6.45, 7) is 19.8. The van der Waals surface area contributed by atoms with Crippen molar-refractivity contribution < 1.29 is 9.16 Å². The van der Waals surface area contributed by atoms with Crippen LogP contribution in [0, 0.1) is 0 Å². The molecule has 1 heterocycles. The van der Waals surface area contributed by atoms with Gasteiger partial charge in [0.15, 0.2) is 0 Å². The molecule has 0 saturated carbocycles. The van der Waals surface area contributed by atoms with Gasteiger partial charge in [-0.15, -0.1) is 0 Å². The molecule has 0 unspecified atom stereocenters. The van der Waals surface area contributed by atoms with Crippen LogP contribution in [0.25, 0.3) is 0 Å². The van der Waals surface area contributed by atoms with Crippen LogP contribution in [-0.2, 0) is 9.16 Å². The van der Waals surface area contributed by atoms with E-state index in [1.54, 1.807) is 0 Å². The predicted octanol–water partition coefficient (Wildman–Crippen LogP) is 6.08. The van der Waals surface area contributed by atoms with Crippen LogP contribution in [0.3, 0.4) is 0 Å². The van der Waals surface area contributed by atoms with E-state index in [-0.39, 0.29) is 6.10 Å². The van der Waals surface area contributed by atoms with E-state index in [9.17, 15) is 0 Å². The third kappa shape index (κ3) is 4.02. The van der Waals surface area contributed by atoms with Gasteiger partial charge in [0.25, 0.3) is 0 Å². The normalized spacial score (nSPS) is 21.5. The lowest BCUT2D eigenvalue weighted by Gasteiger charge is -2.48. The van der Waals surface area contributed by atoms with Crippen LogP contribution in [0.1, 0.15) is 41.5 Å². The molecule has 1 aliphatic heterocycles. The van der Waals surface area contributed by atoms with Crippen molar-refractivity contribution in [3.8, 4) is 0 Å². The zero-order chi connectivity index (χ0) is 19.5.